The predicted molar refractivity (Wildman–Crippen MR) is 73.7 cm³/mol. The lowest BCUT2D eigenvalue weighted by atomic mass is 10.2. The fraction of sp³-hybridized carbons (Fsp3) is 0.0714. The summed E-state index contributed by atoms with van der Waals surface area (Å²) in [5, 5.41) is 11.2. The molecule has 0 unspecified atom stereocenters. The van der Waals surface area contributed by atoms with E-state index in [2.05, 4.69) is 0 Å². The Hall–Kier alpha value is -2.40. The molecule has 0 fully saturated rings. The van der Waals surface area contributed by atoms with Crippen molar-refractivity contribution >= 4 is 23.3 Å². The van der Waals surface area contributed by atoms with Crippen LogP contribution in [0.5, 0.6) is 0 Å². The fourth-order valence-electron chi connectivity index (χ4n) is 1.61. The molecule has 2 rings (SSSR count). The molecule has 2 aromatic carbocycles. The number of non-ortho nitro benzene ring substituents is 1. The number of esters is 1. The van der Waals surface area contributed by atoms with Crippen molar-refractivity contribution in [3.63, 3.8) is 0 Å². The van der Waals surface area contributed by atoms with Crippen molar-refractivity contribution in [2.24, 2.45) is 0 Å². The number of carbonyl (C=O) groups excluding carboxylic acids is 1. The van der Waals surface area contributed by atoms with Gasteiger partial charge in [-0.1, -0.05) is 29.8 Å². The van der Waals surface area contributed by atoms with Crippen molar-refractivity contribution in [1.29, 1.82) is 0 Å². The van der Waals surface area contributed by atoms with Gasteiger partial charge in [0.15, 0.2) is 0 Å². The molecule has 0 aliphatic carbocycles. The van der Waals surface area contributed by atoms with E-state index in [-0.39, 0.29) is 17.9 Å². The summed E-state index contributed by atoms with van der Waals surface area (Å²) in [4.78, 5) is 21.9. The second kappa shape index (κ2) is 6.16. The Balaban J connectivity index is 2.05. The fourth-order valence-corrected chi connectivity index (χ4v) is 1.82. The third-order valence-electron chi connectivity index (χ3n) is 2.55. The molecule has 20 heavy (non-hydrogen) atoms. The summed E-state index contributed by atoms with van der Waals surface area (Å²) in [5.74, 6) is -0.617. The van der Waals surface area contributed by atoms with E-state index >= 15 is 0 Å². The van der Waals surface area contributed by atoms with E-state index in [0.29, 0.717) is 5.02 Å². The van der Waals surface area contributed by atoms with Crippen molar-refractivity contribution in [2.45, 2.75) is 6.61 Å². The van der Waals surface area contributed by atoms with Gasteiger partial charge in [0.05, 0.1) is 10.5 Å². The van der Waals surface area contributed by atoms with Gasteiger partial charge in [-0.2, -0.15) is 0 Å². The summed E-state index contributed by atoms with van der Waals surface area (Å²) < 4.78 is 5.08. The summed E-state index contributed by atoms with van der Waals surface area (Å²) in [6.45, 7) is 0.0576. The molecule has 0 spiro atoms. The molecule has 0 radical (unpaired) electrons. The second-order valence-electron chi connectivity index (χ2n) is 4.01. The number of rotatable bonds is 4. The Kier molecular flexibility index (Phi) is 4.32. The summed E-state index contributed by atoms with van der Waals surface area (Å²) in [6, 6.07) is 12.3. The molecule has 0 bridgehead atoms. The highest BCUT2D eigenvalue weighted by molar-refractivity contribution is 6.30. The van der Waals surface area contributed by atoms with Crippen LogP contribution in [-0.4, -0.2) is 10.9 Å². The molecule has 5 nitrogen and oxygen atoms in total. The second-order valence-corrected chi connectivity index (χ2v) is 4.45. The van der Waals surface area contributed by atoms with Gasteiger partial charge < -0.3 is 4.74 Å². The van der Waals surface area contributed by atoms with E-state index in [1.807, 2.05) is 0 Å². The van der Waals surface area contributed by atoms with Crippen molar-refractivity contribution < 1.29 is 14.5 Å². The maximum Gasteiger partial charge on any atom is 0.338 e. The van der Waals surface area contributed by atoms with Crippen LogP contribution in [0.3, 0.4) is 0 Å². The molecule has 0 atom stereocenters. The Labute approximate surface area is 119 Å². The van der Waals surface area contributed by atoms with Gasteiger partial charge in [0, 0.05) is 17.2 Å². The Morgan fingerprint density at radius 3 is 2.65 bits per heavy atom. The van der Waals surface area contributed by atoms with Gasteiger partial charge in [0.1, 0.15) is 6.61 Å². The first kappa shape index (κ1) is 14.0. The summed E-state index contributed by atoms with van der Waals surface area (Å²) in [6.07, 6.45) is 0. The standard InChI is InChI=1S/C14H10ClNO4/c15-12-5-1-3-10(7-12)9-20-14(17)11-4-2-6-13(8-11)16(18)19/h1-8H,9H2. The van der Waals surface area contributed by atoms with Gasteiger partial charge in [0.2, 0.25) is 0 Å². The number of nitro benzene ring substituents is 1. The first-order chi connectivity index (χ1) is 9.56. The van der Waals surface area contributed by atoms with Crippen LogP contribution in [0, 0.1) is 10.1 Å². The van der Waals surface area contributed by atoms with Crippen LogP contribution in [-0.2, 0) is 11.3 Å². The highest BCUT2D eigenvalue weighted by Crippen LogP contribution is 2.15. The number of ether oxygens (including phenoxy) is 1. The topological polar surface area (TPSA) is 69.4 Å². The van der Waals surface area contributed by atoms with E-state index in [9.17, 15) is 14.9 Å². The number of hydrogen-bond donors (Lipinski definition) is 0. The lowest BCUT2D eigenvalue weighted by Gasteiger charge is -2.05. The molecule has 0 N–H and O–H groups in total. The molecule has 6 heteroatoms. The van der Waals surface area contributed by atoms with Crippen molar-refractivity contribution in [2.75, 3.05) is 0 Å². The van der Waals surface area contributed by atoms with E-state index in [1.54, 1.807) is 24.3 Å². The molecular formula is C14H10ClNO4. The molecule has 0 saturated heterocycles. The smallest absolute Gasteiger partial charge is 0.338 e. The minimum atomic E-state index is -0.617. The maximum atomic E-state index is 11.8. The van der Waals surface area contributed by atoms with Crippen LogP contribution in [0.4, 0.5) is 5.69 Å². The van der Waals surface area contributed by atoms with Gasteiger partial charge in [-0.15, -0.1) is 0 Å². The molecule has 0 aromatic heterocycles. The number of benzene rings is 2. The Bertz CT molecular complexity index is 657. The predicted octanol–water partition coefficient (Wildman–Crippen LogP) is 3.61. The lowest BCUT2D eigenvalue weighted by Crippen LogP contribution is -2.05. The van der Waals surface area contributed by atoms with Crippen molar-refractivity contribution in [3.05, 3.63) is 74.8 Å². The monoisotopic (exact) mass is 291 g/mol. The van der Waals surface area contributed by atoms with Gasteiger partial charge in [-0.25, -0.2) is 4.79 Å². The summed E-state index contributed by atoms with van der Waals surface area (Å²) in [7, 11) is 0. The van der Waals surface area contributed by atoms with Crippen LogP contribution >= 0.6 is 11.6 Å². The molecule has 2 aromatic rings. The Morgan fingerprint density at radius 2 is 1.95 bits per heavy atom. The molecular weight excluding hydrogens is 282 g/mol. The molecule has 0 aliphatic heterocycles. The largest absolute Gasteiger partial charge is 0.457 e. The Morgan fingerprint density at radius 1 is 1.20 bits per heavy atom. The van der Waals surface area contributed by atoms with E-state index in [0.717, 1.165) is 5.56 Å². The average molecular weight is 292 g/mol. The summed E-state index contributed by atoms with van der Waals surface area (Å²) >= 11 is 5.82. The van der Waals surface area contributed by atoms with Crippen LogP contribution < -0.4 is 0 Å². The molecule has 0 heterocycles. The number of nitro groups is 1. The van der Waals surface area contributed by atoms with Crippen LogP contribution in [0.2, 0.25) is 5.02 Å². The third kappa shape index (κ3) is 3.55. The molecule has 0 amide bonds. The summed E-state index contributed by atoms with van der Waals surface area (Å²) in [5.41, 5.74) is 0.736. The first-order valence-electron chi connectivity index (χ1n) is 5.72. The molecule has 0 saturated carbocycles. The average Bonchev–Trinajstić information content (AvgIpc) is 2.45. The van der Waals surface area contributed by atoms with E-state index in [1.165, 1.54) is 24.3 Å². The van der Waals surface area contributed by atoms with Crippen molar-refractivity contribution in [1.82, 2.24) is 0 Å². The molecule has 0 aliphatic rings. The zero-order chi connectivity index (χ0) is 14.5. The number of nitrogens with zero attached hydrogens (tertiary/aromatic N) is 1. The minimum Gasteiger partial charge on any atom is -0.457 e. The van der Waals surface area contributed by atoms with Gasteiger partial charge in [-0.3, -0.25) is 10.1 Å². The highest BCUT2D eigenvalue weighted by Gasteiger charge is 2.12. The zero-order valence-electron chi connectivity index (χ0n) is 10.3. The lowest BCUT2D eigenvalue weighted by molar-refractivity contribution is -0.384. The van der Waals surface area contributed by atoms with Gasteiger partial charge in [0.25, 0.3) is 5.69 Å². The van der Waals surface area contributed by atoms with Crippen LogP contribution in [0.1, 0.15) is 15.9 Å². The SMILES string of the molecule is O=C(OCc1cccc(Cl)c1)c1cccc([N+](=O)[O-])c1. The van der Waals surface area contributed by atoms with Gasteiger partial charge in [-0.05, 0) is 23.8 Å². The quantitative estimate of drug-likeness (QED) is 0.490. The zero-order valence-corrected chi connectivity index (χ0v) is 11.0. The number of carbonyl (C=O) groups is 1. The number of halogens is 1. The highest BCUT2D eigenvalue weighted by atomic mass is 35.5. The van der Waals surface area contributed by atoms with Crippen molar-refractivity contribution in [3.8, 4) is 0 Å². The minimum absolute atomic E-state index is 0.0576. The number of hydrogen-bond acceptors (Lipinski definition) is 4. The van der Waals surface area contributed by atoms with E-state index < -0.39 is 10.9 Å². The van der Waals surface area contributed by atoms with E-state index in [4.69, 9.17) is 16.3 Å². The molecule has 102 valence electrons. The normalized spacial score (nSPS) is 10.1. The first-order valence-corrected chi connectivity index (χ1v) is 6.10. The van der Waals surface area contributed by atoms with Crippen LogP contribution in [0.15, 0.2) is 48.5 Å². The third-order valence-corrected chi connectivity index (χ3v) is 2.79. The maximum absolute atomic E-state index is 11.8. The van der Waals surface area contributed by atoms with Crippen LogP contribution in [0.25, 0.3) is 0 Å². The van der Waals surface area contributed by atoms with Gasteiger partial charge >= 0.3 is 5.97 Å².